The minimum atomic E-state index is -0.562. The van der Waals surface area contributed by atoms with Crippen molar-refractivity contribution in [2.75, 3.05) is 52.4 Å². The van der Waals surface area contributed by atoms with Gasteiger partial charge in [-0.3, -0.25) is 24.0 Å². The first kappa shape index (κ1) is 57.3. The number of rotatable bonds is 44. The van der Waals surface area contributed by atoms with Gasteiger partial charge in [-0.05, 0) is 25.7 Å². The molecule has 0 atom stereocenters. The molecule has 0 aromatic rings. The van der Waals surface area contributed by atoms with E-state index in [1.54, 1.807) is 14.7 Å². The molecule has 5 amide bonds. The van der Waals surface area contributed by atoms with Crippen LogP contribution >= 0.6 is 0 Å². The summed E-state index contributed by atoms with van der Waals surface area (Å²) in [4.78, 5) is 73.4. The Morgan fingerprint density at radius 3 is 0.733 bits per heavy atom. The molecule has 10 nitrogen and oxygen atoms in total. The van der Waals surface area contributed by atoms with Crippen molar-refractivity contribution in [2.45, 2.75) is 240 Å². The molecule has 0 unspecified atom stereocenters. The van der Waals surface area contributed by atoms with Gasteiger partial charge in [-0.2, -0.15) is 0 Å². The van der Waals surface area contributed by atoms with Crippen molar-refractivity contribution in [2.24, 2.45) is 5.73 Å². The quantitative estimate of drug-likeness (QED) is 0.0611. The van der Waals surface area contributed by atoms with Crippen molar-refractivity contribution < 1.29 is 24.0 Å². The van der Waals surface area contributed by atoms with E-state index < -0.39 is 5.91 Å². The van der Waals surface area contributed by atoms with Gasteiger partial charge in [0.05, 0.1) is 26.2 Å². The molecule has 0 aliphatic carbocycles. The van der Waals surface area contributed by atoms with Gasteiger partial charge in [0.2, 0.25) is 29.5 Å². The number of hydrogen-bond acceptors (Lipinski definition) is 5. The normalized spacial score (nSPS) is 11.2. The molecule has 0 heterocycles. The number of carbonyl (C=O) groups is 5. The predicted molar refractivity (Wildman–Crippen MR) is 252 cm³/mol. The molecule has 0 saturated heterocycles. The minimum absolute atomic E-state index is 0.0436. The van der Waals surface area contributed by atoms with E-state index in [4.69, 9.17) is 5.73 Å². The summed E-state index contributed by atoms with van der Waals surface area (Å²) in [5.41, 5.74) is 5.62. The summed E-state index contributed by atoms with van der Waals surface area (Å²) in [5.74, 6) is -1.45. The highest BCUT2D eigenvalue weighted by atomic mass is 16.2. The second-order valence-corrected chi connectivity index (χ2v) is 17.8. The predicted octanol–water partition coefficient (Wildman–Crippen LogP) is 11.4. The molecule has 0 aliphatic rings. The van der Waals surface area contributed by atoms with Crippen molar-refractivity contribution in [1.82, 2.24) is 19.6 Å². The summed E-state index contributed by atoms with van der Waals surface area (Å²) in [6.07, 6.45) is 36.0. The Kier molecular flexibility index (Phi) is 39.8. The SMILES string of the molecule is CCCCCCCCCCN(CC(=O)N(CCCCCCCCCC)CC(=O)N(CCCCCCCCCC)CC(=O)N(CCCCCCCCCC)CC(N)=O)C(C)=O. The van der Waals surface area contributed by atoms with Crippen LogP contribution in [-0.2, 0) is 24.0 Å². The van der Waals surface area contributed by atoms with Crippen molar-refractivity contribution in [3.63, 3.8) is 0 Å². The number of nitrogens with two attached hydrogens (primary N) is 1. The van der Waals surface area contributed by atoms with Crippen molar-refractivity contribution >= 4 is 29.5 Å². The fourth-order valence-corrected chi connectivity index (χ4v) is 7.95. The van der Waals surface area contributed by atoms with Crippen LogP contribution in [0.4, 0.5) is 0 Å². The molecule has 0 bridgehead atoms. The lowest BCUT2D eigenvalue weighted by atomic mass is 10.1. The molecule has 352 valence electrons. The average Bonchev–Trinajstić information content (AvgIpc) is 3.22. The first-order chi connectivity index (χ1) is 29.1. The maximum absolute atomic E-state index is 14.3. The lowest BCUT2D eigenvalue weighted by molar-refractivity contribution is -0.146. The topological polar surface area (TPSA) is 124 Å². The molecule has 0 aliphatic heterocycles. The molecule has 0 aromatic carbocycles. The molecule has 0 rings (SSSR count). The van der Waals surface area contributed by atoms with E-state index in [1.165, 1.54) is 134 Å². The van der Waals surface area contributed by atoms with Crippen LogP contribution < -0.4 is 5.73 Å². The molecular weight excluding hydrogens is 751 g/mol. The number of nitrogens with zero attached hydrogens (tertiary/aromatic N) is 4. The summed E-state index contributed by atoms with van der Waals surface area (Å²) in [5, 5.41) is 0. The van der Waals surface area contributed by atoms with E-state index in [-0.39, 0.29) is 49.8 Å². The third kappa shape index (κ3) is 34.0. The molecule has 0 fully saturated rings. The van der Waals surface area contributed by atoms with Gasteiger partial charge >= 0.3 is 0 Å². The second-order valence-electron chi connectivity index (χ2n) is 17.8. The Bertz CT molecular complexity index is 1070. The molecule has 2 N–H and O–H groups in total. The fraction of sp³-hybridized carbons (Fsp3) is 0.900. The monoisotopic (exact) mass is 848 g/mol. The van der Waals surface area contributed by atoms with Crippen LogP contribution in [0.15, 0.2) is 0 Å². The second kappa shape index (κ2) is 41.7. The molecule has 0 aromatic heterocycles. The number of carbonyl (C=O) groups excluding carboxylic acids is 5. The van der Waals surface area contributed by atoms with Gasteiger partial charge in [0.25, 0.3) is 0 Å². The maximum Gasteiger partial charge on any atom is 0.242 e. The lowest BCUT2D eigenvalue weighted by Gasteiger charge is -2.31. The Hall–Kier alpha value is -2.65. The smallest absolute Gasteiger partial charge is 0.242 e. The van der Waals surface area contributed by atoms with Gasteiger partial charge < -0.3 is 25.3 Å². The Balaban J connectivity index is 5.88. The van der Waals surface area contributed by atoms with Crippen molar-refractivity contribution in [1.29, 1.82) is 0 Å². The van der Waals surface area contributed by atoms with Crippen molar-refractivity contribution in [3.05, 3.63) is 0 Å². The van der Waals surface area contributed by atoms with Gasteiger partial charge in [0.15, 0.2) is 0 Å². The van der Waals surface area contributed by atoms with E-state index in [1.807, 2.05) is 0 Å². The molecular formula is C50H97N5O5. The Morgan fingerprint density at radius 1 is 0.300 bits per heavy atom. The van der Waals surface area contributed by atoms with Gasteiger partial charge in [0.1, 0.15) is 0 Å². The van der Waals surface area contributed by atoms with Gasteiger partial charge in [-0.15, -0.1) is 0 Å². The van der Waals surface area contributed by atoms with Gasteiger partial charge in [-0.1, -0.05) is 207 Å². The van der Waals surface area contributed by atoms with E-state index >= 15 is 0 Å². The summed E-state index contributed by atoms with van der Waals surface area (Å²) in [6, 6.07) is 0. The van der Waals surface area contributed by atoms with Crippen LogP contribution in [0.5, 0.6) is 0 Å². The number of amides is 5. The zero-order chi connectivity index (χ0) is 44.5. The first-order valence-corrected chi connectivity index (χ1v) is 25.5. The van der Waals surface area contributed by atoms with Gasteiger partial charge in [-0.25, -0.2) is 0 Å². The van der Waals surface area contributed by atoms with Crippen LogP contribution in [0.2, 0.25) is 0 Å². The maximum atomic E-state index is 14.3. The van der Waals surface area contributed by atoms with Crippen molar-refractivity contribution in [3.8, 4) is 0 Å². The van der Waals surface area contributed by atoms with Crippen LogP contribution in [0, 0.1) is 0 Å². The summed E-state index contributed by atoms with van der Waals surface area (Å²) < 4.78 is 0. The fourth-order valence-electron chi connectivity index (χ4n) is 7.95. The molecule has 0 spiro atoms. The third-order valence-electron chi connectivity index (χ3n) is 12.0. The molecule has 10 heteroatoms. The lowest BCUT2D eigenvalue weighted by Crippen LogP contribution is -2.50. The van der Waals surface area contributed by atoms with Crippen LogP contribution in [-0.4, -0.2) is 101 Å². The Morgan fingerprint density at radius 2 is 0.500 bits per heavy atom. The Labute approximate surface area is 370 Å². The number of primary amides is 1. The van der Waals surface area contributed by atoms with Crippen LogP contribution in [0.1, 0.15) is 240 Å². The van der Waals surface area contributed by atoms with E-state index in [0.29, 0.717) is 26.2 Å². The average molecular weight is 848 g/mol. The summed E-state index contributed by atoms with van der Waals surface area (Å²) in [7, 11) is 0. The van der Waals surface area contributed by atoms with Crippen LogP contribution in [0.25, 0.3) is 0 Å². The van der Waals surface area contributed by atoms with E-state index in [0.717, 1.165) is 83.5 Å². The number of unbranched alkanes of at least 4 members (excludes halogenated alkanes) is 28. The van der Waals surface area contributed by atoms with E-state index in [2.05, 4.69) is 27.7 Å². The molecule has 0 saturated carbocycles. The highest BCUT2D eigenvalue weighted by molar-refractivity contribution is 5.91. The van der Waals surface area contributed by atoms with Gasteiger partial charge in [0, 0.05) is 33.1 Å². The number of hydrogen-bond donors (Lipinski definition) is 1. The summed E-state index contributed by atoms with van der Waals surface area (Å²) in [6.45, 7) is 11.7. The largest absolute Gasteiger partial charge is 0.368 e. The zero-order valence-electron chi connectivity index (χ0n) is 40.2. The third-order valence-corrected chi connectivity index (χ3v) is 12.0. The minimum Gasteiger partial charge on any atom is -0.368 e. The molecule has 0 radical (unpaired) electrons. The van der Waals surface area contributed by atoms with E-state index in [9.17, 15) is 24.0 Å². The highest BCUT2D eigenvalue weighted by Crippen LogP contribution is 2.14. The summed E-state index contributed by atoms with van der Waals surface area (Å²) >= 11 is 0. The molecule has 60 heavy (non-hydrogen) atoms. The zero-order valence-corrected chi connectivity index (χ0v) is 40.2. The van der Waals surface area contributed by atoms with Crippen LogP contribution in [0.3, 0.4) is 0 Å². The standard InChI is InChI=1S/C50H97N5O5/c1-6-10-14-18-22-26-30-34-38-52(46(5)56)43-48(58)54(40-36-32-28-24-20-16-12-8-3)45-50(60)55(41-37-33-29-25-21-17-13-9-4)44-49(59)53(42-47(51)57)39-35-31-27-23-19-15-11-7-2/h6-45H2,1-5H3,(H2,51,57). The first-order valence-electron chi connectivity index (χ1n) is 25.5. The highest BCUT2D eigenvalue weighted by Gasteiger charge is 2.26.